The lowest BCUT2D eigenvalue weighted by Gasteiger charge is -2.36. The molecule has 0 spiro atoms. The number of hydrogen-bond acceptors (Lipinski definition) is 5. The van der Waals surface area contributed by atoms with Crippen LogP contribution in [-0.4, -0.2) is 22.8 Å². The van der Waals surface area contributed by atoms with Crippen LogP contribution in [0.1, 0.15) is 12.5 Å². The summed E-state index contributed by atoms with van der Waals surface area (Å²) in [6.45, 7) is 2.13. The minimum absolute atomic E-state index is 0.454. The van der Waals surface area contributed by atoms with Gasteiger partial charge >= 0.3 is 0 Å². The van der Waals surface area contributed by atoms with Gasteiger partial charge in [-0.1, -0.05) is 146 Å². The van der Waals surface area contributed by atoms with Gasteiger partial charge in [-0.15, -0.1) is 0 Å². The summed E-state index contributed by atoms with van der Waals surface area (Å²) in [5.41, 5.74) is 11.8. The standard InChI is InChI=1S/C47H32BN3O2/c1-47(48)39-21-11-18-34(42(39)38-17-6-8-23-41(38)53-47)29-24-26-31(27-25-29)45-49-44(30-12-3-2-4-13-30)50-46(51-45)33-15-9-14-32(28-33)35-19-10-20-37-36-16-5-7-22-40(36)52-43(35)37/h2-28H,48H2,1H3. The van der Waals surface area contributed by atoms with Crippen molar-refractivity contribution in [1.82, 2.24) is 15.0 Å². The smallest absolute Gasteiger partial charge is 0.164 e. The van der Waals surface area contributed by atoms with Gasteiger partial charge in [-0.3, -0.25) is 0 Å². The lowest BCUT2D eigenvalue weighted by molar-refractivity contribution is 0.175. The molecule has 0 fully saturated rings. The molecule has 0 saturated carbocycles. The largest absolute Gasteiger partial charge is 0.492 e. The highest BCUT2D eigenvalue weighted by atomic mass is 16.5. The van der Waals surface area contributed by atoms with Gasteiger partial charge in [0.25, 0.3) is 0 Å². The van der Waals surface area contributed by atoms with Gasteiger partial charge in [-0.25, -0.2) is 15.0 Å². The van der Waals surface area contributed by atoms with Crippen molar-refractivity contribution in [2.75, 3.05) is 0 Å². The molecule has 0 saturated heterocycles. The quantitative estimate of drug-likeness (QED) is 0.169. The number of fused-ring (bicyclic) bond motifs is 6. The first kappa shape index (κ1) is 31.0. The zero-order valence-electron chi connectivity index (χ0n) is 29.2. The predicted molar refractivity (Wildman–Crippen MR) is 216 cm³/mol. The normalized spacial score (nSPS) is 14.8. The average molecular weight is 682 g/mol. The van der Waals surface area contributed by atoms with Crippen molar-refractivity contribution in [2.45, 2.75) is 12.4 Å². The molecule has 3 heterocycles. The van der Waals surface area contributed by atoms with E-state index >= 15 is 0 Å². The summed E-state index contributed by atoms with van der Waals surface area (Å²) in [4.78, 5) is 15.1. The van der Waals surface area contributed by atoms with Crippen molar-refractivity contribution in [2.24, 2.45) is 0 Å². The second-order valence-electron chi connectivity index (χ2n) is 13.9. The Kier molecular flexibility index (Phi) is 7.12. The maximum atomic E-state index is 6.45. The van der Waals surface area contributed by atoms with E-state index in [0.29, 0.717) is 17.5 Å². The lowest BCUT2D eigenvalue weighted by atomic mass is 9.71. The van der Waals surface area contributed by atoms with Crippen LogP contribution in [-0.2, 0) is 5.50 Å². The van der Waals surface area contributed by atoms with Crippen LogP contribution < -0.4 is 4.74 Å². The van der Waals surface area contributed by atoms with Gasteiger partial charge in [-0.2, -0.15) is 0 Å². The van der Waals surface area contributed by atoms with Crippen molar-refractivity contribution in [3.63, 3.8) is 0 Å². The van der Waals surface area contributed by atoms with Crippen LogP contribution in [0.2, 0.25) is 0 Å². The summed E-state index contributed by atoms with van der Waals surface area (Å²) in [5.74, 6) is 2.74. The van der Waals surface area contributed by atoms with Gasteiger partial charge in [0.2, 0.25) is 0 Å². The first-order chi connectivity index (χ1) is 26.0. The maximum absolute atomic E-state index is 6.45. The first-order valence-electron chi connectivity index (χ1n) is 17.9. The van der Waals surface area contributed by atoms with Crippen LogP contribution in [0, 0.1) is 0 Å². The molecule has 1 aliphatic heterocycles. The number of nitrogens with zero attached hydrogens (tertiary/aromatic N) is 3. The van der Waals surface area contributed by atoms with Gasteiger partial charge in [0.1, 0.15) is 16.9 Å². The molecule has 0 N–H and O–H groups in total. The van der Waals surface area contributed by atoms with E-state index in [1.165, 1.54) is 11.1 Å². The Balaban J connectivity index is 1.08. The van der Waals surface area contributed by atoms with Gasteiger partial charge in [-0.05, 0) is 52.9 Å². The number of furan rings is 1. The second-order valence-corrected chi connectivity index (χ2v) is 13.9. The van der Waals surface area contributed by atoms with E-state index in [0.717, 1.165) is 72.2 Å². The van der Waals surface area contributed by atoms with Crippen LogP contribution in [0.3, 0.4) is 0 Å². The third-order valence-corrected chi connectivity index (χ3v) is 10.2. The monoisotopic (exact) mass is 681 g/mol. The molecule has 1 atom stereocenters. The van der Waals surface area contributed by atoms with E-state index in [1.807, 2.05) is 54.6 Å². The fraction of sp³-hybridized carbons (Fsp3) is 0.0426. The Labute approximate surface area is 308 Å². The third-order valence-electron chi connectivity index (χ3n) is 10.2. The fourth-order valence-corrected chi connectivity index (χ4v) is 7.63. The van der Waals surface area contributed by atoms with Gasteiger partial charge in [0, 0.05) is 38.6 Å². The summed E-state index contributed by atoms with van der Waals surface area (Å²) in [6.07, 6.45) is 0. The van der Waals surface area contributed by atoms with Gasteiger partial charge < -0.3 is 9.15 Å². The van der Waals surface area contributed by atoms with E-state index < -0.39 is 5.50 Å². The average Bonchev–Trinajstić information content (AvgIpc) is 3.60. The number of hydrogen-bond donors (Lipinski definition) is 0. The number of aromatic nitrogens is 3. The lowest BCUT2D eigenvalue weighted by Crippen LogP contribution is -2.33. The van der Waals surface area contributed by atoms with Crippen LogP contribution >= 0.6 is 0 Å². The van der Waals surface area contributed by atoms with Crippen molar-refractivity contribution in [1.29, 1.82) is 0 Å². The highest BCUT2D eigenvalue weighted by Gasteiger charge is 2.33. The minimum Gasteiger partial charge on any atom is -0.492 e. The zero-order valence-corrected chi connectivity index (χ0v) is 29.2. The molecule has 10 rings (SSSR count). The van der Waals surface area contributed by atoms with E-state index in [1.54, 1.807) is 0 Å². The predicted octanol–water partition coefficient (Wildman–Crippen LogP) is 11.0. The molecule has 0 bridgehead atoms. The Bertz CT molecular complexity index is 2840. The molecule has 6 heteroatoms. The third kappa shape index (κ3) is 5.30. The fourth-order valence-electron chi connectivity index (χ4n) is 7.63. The SMILES string of the molecule is BC1(C)Oc2ccccc2-c2c(-c3ccc(-c4nc(-c5ccccc5)nc(-c5cccc(-c6cccc7c6oc6ccccc67)c5)n4)cc3)cccc21. The summed E-state index contributed by atoms with van der Waals surface area (Å²) in [7, 11) is 2.13. The van der Waals surface area contributed by atoms with Crippen molar-refractivity contribution < 1.29 is 9.15 Å². The Hall–Kier alpha value is -6.79. The van der Waals surface area contributed by atoms with Crippen LogP contribution in [0.25, 0.3) is 89.5 Å². The molecule has 1 unspecified atom stereocenters. The zero-order chi connectivity index (χ0) is 35.5. The molecule has 0 aliphatic carbocycles. The molecular weight excluding hydrogens is 649 g/mol. The highest BCUT2D eigenvalue weighted by Crippen LogP contribution is 2.48. The van der Waals surface area contributed by atoms with E-state index in [9.17, 15) is 0 Å². The summed E-state index contributed by atoms with van der Waals surface area (Å²) in [5, 5.41) is 2.20. The van der Waals surface area contributed by atoms with Crippen LogP contribution in [0.15, 0.2) is 168 Å². The highest BCUT2D eigenvalue weighted by molar-refractivity contribution is 6.16. The van der Waals surface area contributed by atoms with E-state index in [-0.39, 0.29) is 0 Å². The molecule has 0 radical (unpaired) electrons. The molecular formula is C47H32BN3O2. The van der Waals surface area contributed by atoms with Crippen LogP contribution in [0.5, 0.6) is 5.75 Å². The number of ether oxygens (including phenoxy) is 1. The summed E-state index contributed by atoms with van der Waals surface area (Å²) >= 11 is 0. The topological polar surface area (TPSA) is 61.0 Å². The first-order valence-corrected chi connectivity index (χ1v) is 17.9. The van der Waals surface area contributed by atoms with Gasteiger partial charge in [0.05, 0.1) is 5.50 Å². The summed E-state index contributed by atoms with van der Waals surface area (Å²) in [6, 6.07) is 56.3. The second kappa shape index (κ2) is 12.2. The molecule has 53 heavy (non-hydrogen) atoms. The molecule has 7 aromatic carbocycles. The molecule has 9 aromatic rings. The minimum atomic E-state index is -0.454. The van der Waals surface area contributed by atoms with Crippen molar-refractivity contribution in [3.8, 4) is 73.3 Å². The number of benzene rings is 7. The van der Waals surface area contributed by atoms with Crippen LogP contribution in [0.4, 0.5) is 0 Å². The maximum Gasteiger partial charge on any atom is 0.164 e. The number of para-hydroxylation sites is 3. The van der Waals surface area contributed by atoms with Crippen molar-refractivity contribution >= 4 is 29.8 Å². The molecule has 5 nitrogen and oxygen atoms in total. The molecule has 1 aliphatic rings. The van der Waals surface area contributed by atoms with Gasteiger partial charge in [0.15, 0.2) is 25.3 Å². The Morgan fingerprint density at radius 3 is 1.87 bits per heavy atom. The molecule has 0 amide bonds. The Morgan fingerprint density at radius 1 is 0.472 bits per heavy atom. The number of rotatable bonds is 5. The summed E-state index contributed by atoms with van der Waals surface area (Å²) < 4.78 is 12.8. The molecule has 2 aromatic heterocycles. The Morgan fingerprint density at radius 2 is 1.04 bits per heavy atom. The van der Waals surface area contributed by atoms with E-state index in [2.05, 4.69) is 124 Å². The van der Waals surface area contributed by atoms with E-state index in [4.69, 9.17) is 24.1 Å². The van der Waals surface area contributed by atoms with Crippen molar-refractivity contribution in [3.05, 3.63) is 169 Å². The molecule has 250 valence electrons.